The van der Waals surface area contributed by atoms with Gasteiger partial charge in [0.15, 0.2) is 0 Å². The van der Waals surface area contributed by atoms with Gasteiger partial charge in [-0.1, -0.05) is 27.4 Å². The molecule has 0 aliphatic rings. The van der Waals surface area contributed by atoms with E-state index in [1.54, 1.807) is 6.08 Å². The number of hydrogen-bond acceptors (Lipinski definition) is 2. The van der Waals surface area contributed by atoms with Gasteiger partial charge in [0.2, 0.25) is 0 Å². The van der Waals surface area contributed by atoms with Gasteiger partial charge >= 0.3 is 5.97 Å². The van der Waals surface area contributed by atoms with Crippen LogP contribution in [0.25, 0.3) is 0 Å². The Morgan fingerprint density at radius 1 is 1.18 bits per heavy atom. The molecule has 17 heavy (non-hydrogen) atoms. The van der Waals surface area contributed by atoms with Crippen molar-refractivity contribution in [3.05, 3.63) is 24.0 Å². The molecule has 0 saturated carbocycles. The highest BCUT2D eigenvalue weighted by atomic mass is 16.5. The zero-order chi connectivity index (χ0) is 13.9. The Bertz CT molecular complexity index is 322. The van der Waals surface area contributed by atoms with E-state index in [1.165, 1.54) is 0 Å². The summed E-state index contributed by atoms with van der Waals surface area (Å²) in [6, 6.07) is 0. The highest BCUT2D eigenvalue weighted by molar-refractivity contribution is 5.76. The minimum absolute atomic E-state index is 0.173. The molecule has 0 rings (SSSR count). The average Bonchev–Trinajstić information content (AvgIpc) is 2.08. The van der Waals surface area contributed by atoms with Crippen LogP contribution in [-0.4, -0.2) is 5.97 Å². The van der Waals surface area contributed by atoms with Gasteiger partial charge in [0.05, 0.1) is 5.41 Å². The van der Waals surface area contributed by atoms with Crippen molar-refractivity contribution in [3.63, 3.8) is 0 Å². The molecule has 0 aromatic rings. The Hall–Kier alpha value is -1.05. The predicted molar refractivity (Wildman–Crippen MR) is 72.5 cm³/mol. The van der Waals surface area contributed by atoms with Gasteiger partial charge in [-0.25, -0.2) is 0 Å². The van der Waals surface area contributed by atoms with E-state index in [0.717, 1.165) is 12.0 Å². The van der Waals surface area contributed by atoms with Gasteiger partial charge in [-0.3, -0.25) is 4.79 Å². The van der Waals surface area contributed by atoms with Crippen molar-refractivity contribution < 1.29 is 9.53 Å². The highest BCUT2D eigenvalue weighted by Crippen LogP contribution is 2.27. The van der Waals surface area contributed by atoms with Crippen LogP contribution in [-0.2, 0) is 9.53 Å². The first-order valence-electron chi connectivity index (χ1n) is 6.02. The first-order chi connectivity index (χ1) is 7.47. The van der Waals surface area contributed by atoms with E-state index in [9.17, 15) is 4.79 Å². The summed E-state index contributed by atoms with van der Waals surface area (Å²) in [5.74, 6) is 0.375. The van der Waals surface area contributed by atoms with E-state index >= 15 is 0 Å². The summed E-state index contributed by atoms with van der Waals surface area (Å²) in [6.45, 7) is 17.7. The minimum atomic E-state index is -0.490. The molecule has 0 heterocycles. The molecular formula is C15H26O2. The third-order valence-corrected chi connectivity index (χ3v) is 2.22. The molecule has 0 aromatic carbocycles. The third-order valence-electron chi connectivity index (χ3n) is 2.22. The molecule has 0 radical (unpaired) electrons. The van der Waals surface area contributed by atoms with Gasteiger partial charge in [0, 0.05) is 0 Å². The van der Waals surface area contributed by atoms with Crippen molar-refractivity contribution in [3.8, 4) is 0 Å². The van der Waals surface area contributed by atoms with Crippen molar-refractivity contribution in [2.45, 2.75) is 54.9 Å². The Morgan fingerprint density at radius 3 is 1.94 bits per heavy atom. The van der Waals surface area contributed by atoms with Gasteiger partial charge < -0.3 is 4.74 Å². The number of ether oxygens (including phenoxy) is 1. The van der Waals surface area contributed by atoms with Crippen LogP contribution in [0.4, 0.5) is 0 Å². The van der Waals surface area contributed by atoms with Crippen LogP contribution in [0.5, 0.6) is 0 Å². The lowest BCUT2D eigenvalue weighted by Crippen LogP contribution is -2.23. The normalized spacial score (nSPS) is 14.1. The van der Waals surface area contributed by atoms with Crippen LogP contribution in [0.1, 0.15) is 54.9 Å². The Morgan fingerprint density at radius 2 is 1.65 bits per heavy atom. The predicted octanol–water partition coefficient (Wildman–Crippen LogP) is 4.47. The van der Waals surface area contributed by atoms with Crippen molar-refractivity contribution >= 4 is 5.97 Å². The molecule has 2 nitrogen and oxygen atoms in total. The molecule has 0 aromatic heterocycles. The molecule has 0 atom stereocenters. The minimum Gasteiger partial charge on any atom is -0.426 e. The summed E-state index contributed by atoms with van der Waals surface area (Å²) in [5, 5.41) is 0. The molecule has 2 heteroatoms. The van der Waals surface area contributed by atoms with Gasteiger partial charge in [-0.2, -0.15) is 0 Å². The van der Waals surface area contributed by atoms with Gasteiger partial charge in [-0.15, -0.1) is 0 Å². The summed E-state index contributed by atoms with van der Waals surface area (Å²) < 4.78 is 5.39. The van der Waals surface area contributed by atoms with E-state index in [1.807, 2.05) is 27.7 Å². The summed E-state index contributed by atoms with van der Waals surface area (Å²) in [4.78, 5) is 11.8. The average molecular weight is 238 g/mol. The molecule has 0 aliphatic heterocycles. The second-order valence-electron chi connectivity index (χ2n) is 6.73. The van der Waals surface area contributed by atoms with E-state index < -0.39 is 5.41 Å². The Labute approximate surface area is 106 Å². The first-order valence-corrected chi connectivity index (χ1v) is 6.02. The molecule has 98 valence electrons. The maximum absolute atomic E-state index is 11.8. The standard InChI is InChI=1S/C15H26O2/c1-9-12(11(2)10-14(3,4)5)17-13(16)15(6,7)8/h9H,1,10H2,2-8H3. The summed E-state index contributed by atoms with van der Waals surface area (Å²) in [7, 11) is 0. The highest BCUT2D eigenvalue weighted by Gasteiger charge is 2.24. The van der Waals surface area contributed by atoms with E-state index in [2.05, 4.69) is 27.4 Å². The van der Waals surface area contributed by atoms with Crippen LogP contribution in [0.15, 0.2) is 24.0 Å². The SMILES string of the molecule is C=CC(OC(=O)C(C)(C)C)=C(C)CC(C)(C)C. The first kappa shape index (κ1) is 16.0. The lowest BCUT2D eigenvalue weighted by atomic mass is 9.88. The number of hydrogen-bond donors (Lipinski definition) is 0. The van der Waals surface area contributed by atoms with Crippen LogP contribution >= 0.6 is 0 Å². The molecule has 0 aliphatic carbocycles. The summed E-state index contributed by atoms with van der Waals surface area (Å²) in [5.41, 5.74) is 0.744. The molecule has 0 spiro atoms. The van der Waals surface area contributed by atoms with Crippen molar-refractivity contribution in [1.29, 1.82) is 0 Å². The second-order valence-corrected chi connectivity index (χ2v) is 6.73. The Kier molecular flexibility index (Phi) is 5.18. The molecule has 0 bridgehead atoms. The quantitative estimate of drug-likeness (QED) is 0.412. The maximum Gasteiger partial charge on any atom is 0.316 e. The van der Waals surface area contributed by atoms with Crippen molar-refractivity contribution in [1.82, 2.24) is 0 Å². The van der Waals surface area contributed by atoms with E-state index in [0.29, 0.717) is 5.76 Å². The monoisotopic (exact) mass is 238 g/mol. The number of esters is 1. The van der Waals surface area contributed by atoms with Gasteiger partial charge in [0.25, 0.3) is 0 Å². The number of allylic oxidation sites excluding steroid dienone is 2. The molecule has 0 fully saturated rings. The van der Waals surface area contributed by atoms with Crippen molar-refractivity contribution in [2.24, 2.45) is 10.8 Å². The smallest absolute Gasteiger partial charge is 0.316 e. The fraction of sp³-hybridized carbons (Fsp3) is 0.667. The second kappa shape index (κ2) is 5.52. The number of rotatable bonds is 3. The lowest BCUT2D eigenvalue weighted by molar-refractivity contribution is -0.148. The topological polar surface area (TPSA) is 26.3 Å². The van der Waals surface area contributed by atoms with Crippen LogP contribution < -0.4 is 0 Å². The maximum atomic E-state index is 11.8. The zero-order valence-corrected chi connectivity index (χ0v) is 12.3. The number of carbonyl (C=O) groups excluding carboxylic acids is 1. The summed E-state index contributed by atoms with van der Waals surface area (Å²) in [6.07, 6.45) is 2.50. The van der Waals surface area contributed by atoms with Crippen LogP contribution in [0.2, 0.25) is 0 Å². The van der Waals surface area contributed by atoms with E-state index in [4.69, 9.17) is 4.74 Å². The fourth-order valence-electron chi connectivity index (χ4n) is 1.44. The van der Waals surface area contributed by atoms with E-state index in [-0.39, 0.29) is 11.4 Å². The Balaban J connectivity index is 4.91. The van der Waals surface area contributed by atoms with Crippen molar-refractivity contribution in [2.75, 3.05) is 0 Å². The summed E-state index contributed by atoms with van der Waals surface area (Å²) >= 11 is 0. The molecule has 0 saturated heterocycles. The molecule has 0 amide bonds. The van der Waals surface area contributed by atoms with Gasteiger partial charge in [0.1, 0.15) is 5.76 Å². The fourth-order valence-corrected chi connectivity index (χ4v) is 1.44. The number of carbonyl (C=O) groups is 1. The molecule has 0 N–H and O–H groups in total. The lowest BCUT2D eigenvalue weighted by Gasteiger charge is -2.22. The third kappa shape index (κ3) is 6.30. The van der Waals surface area contributed by atoms with Gasteiger partial charge in [-0.05, 0) is 51.2 Å². The zero-order valence-electron chi connectivity index (χ0n) is 12.3. The van der Waals surface area contributed by atoms with Crippen LogP contribution in [0, 0.1) is 10.8 Å². The molecule has 0 unspecified atom stereocenters. The largest absolute Gasteiger partial charge is 0.426 e. The molecular weight excluding hydrogens is 212 g/mol. The van der Waals surface area contributed by atoms with Crippen LogP contribution in [0.3, 0.4) is 0 Å².